The van der Waals surface area contributed by atoms with Crippen molar-refractivity contribution in [2.24, 2.45) is 11.7 Å². The topological polar surface area (TPSA) is 107 Å². The summed E-state index contributed by atoms with van der Waals surface area (Å²) in [5.41, 5.74) is 7.36. The van der Waals surface area contributed by atoms with E-state index in [9.17, 15) is 9.59 Å². The van der Waals surface area contributed by atoms with Crippen LogP contribution in [0.1, 0.15) is 53.3 Å². The number of amides is 2. The number of hydrogen-bond donors (Lipinski definition) is 2. The van der Waals surface area contributed by atoms with Crippen molar-refractivity contribution in [3.63, 3.8) is 0 Å². The van der Waals surface area contributed by atoms with Crippen molar-refractivity contribution in [3.05, 3.63) is 53.5 Å². The Balaban J connectivity index is 1.47. The zero-order valence-electron chi connectivity index (χ0n) is 15.6. The summed E-state index contributed by atoms with van der Waals surface area (Å²) in [6, 6.07) is 8.59. The smallest absolute Gasteiger partial charge is 0.272 e. The molecule has 2 aliphatic rings. The van der Waals surface area contributed by atoms with Gasteiger partial charge in [0.05, 0.1) is 12.8 Å². The van der Waals surface area contributed by atoms with Gasteiger partial charge in [-0.3, -0.25) is 14.6 Å². The van der Waals surface area contributed by atoms with Crippen molar-refractivity contribution in [1.29, 1.82) is 0 Å². The van der Waals surface area contributed by atoms with E-state index in [1.807, 2.05) is 30.3 Å². The molecule has 7 heteroatoms. The second kappa shape index (κ2) is 7.96. The molecule has 0 aliphatic heterocycles. The van der Waals surface area contributed by atoms with Crippen LogP contribution in [0.15, 0.2) is 36.5 Å². The molecule has 2 aliphatic carbocycles. The summed E-state index contributed by atoms with van der Waals surface area (Å²) in [7, 11) is 0. The number of primary amides is 1. The molecule has 0 bridgehead atoms. The molecule has 1 aromatic heterocycles. The first-order valence-corrected chi connectivity index (χ1v) is 9.74. The van der Waals surface area contributed by atoms with Crippen LogP contribution in [0.2, 0.25) is 0 Å². The lowest BCUT2D eigenvalue weighted by Crippen LogP contribution is -2.46. The number of ether oxygens (including phenoxy) is 1. The van der Waals surface area contributed by atoms with Crippen molar-refractivity contribution < 1.29 is 14.3 Å². The first kappa shape index (κ1) is 18.4. The third-order valence-electron chi connectivity index (χ3n) is 5.05. The lowest BCUT2D eigenvalue weighted by Gasteiger charge is -2.16. The van der Waals surface area contributed by atoms with Crippen molar-refractivity contribution >= 4 is 11.8 Å². The van der Waals surface area contributed by atoms with Crippen molar-refractivity contribution in [1.82, 2.24) is 15.3 Å². The van der Waals surface area contributed by atoms with Crippen LogP contribution >= 0.6 is 0 Å². The van der Waals surface area contributed by atoms with Gasteiger partial charge in [-0.25, -0.2) is 4.98 Å². The first-order chi connectivity index (χ1) is 13.6. The first-order valence-electron chi connectivity index (χ1n) is 9.74. The average Bonchev–Trinajstić information content (AvgIpc) is 3.60. The van der Waals surface area contributed by atoms with Crippen LogP contribution in [0.5, 0.6) is 5.88 Å². The van der Waals surface area contributed by atoms with E-state index in [0.29, 0.717) is 30.7 Å². The van der Waals surface area contributed by atoms with Crippen LogP contribution in [0.25, 0.3) is 0 Å². The van der Waals surface area contributed by atoms with Crippen molar-refractivity contribution in [2.45, 2.75) is 44.1 Å². The van der Waals surface area contributed by atoms with E-state index in [2.05, 4.69) is 15.3 Å². The van der Waals surface area contributed by atoms with Gasteiger partial charge in [0.2, 0.25) is 11.8 Å². The summed E-state index contributed by atoms with van der Waals surface area (Å²) in [5.74, 6) is 0.322. The van der Waals surface area contributed by atoms with Crippen LogP contribution in [-0.2, 0) is 11.2 Å². The summed E-state index contributed by atoms with van der Waals surface area (Å²) in [6.45, 7) is 0.609. The number of carbonyl (C=O) groups is 2. The SMILES string of the molecule is NC(=O)[C@H](Cc1ccccc1)NC(=O)c1cnc(C2CC2)c(OCC2CC2)n1. The predicted molar refractivity (Wildman–Crippen MR) is 103 cm³/mol. The minimum atomic E-state index is -0.823. The van der Waals surface area contributed by atoms with E-state index >= 15 is 0 Å². The molecule has 2 fully saturated rings. The number of nitrogens with two attached hydrogens (primary N) is 1. The Hall–Kier alpha value is -2.96. The van der Waals surface area contributed by atoms with Gasteiger partial charge in [0.1, 0.15) is 11.7 Å². The highest BCUT2D eigenvalue weighted by atomic mass is 16.5. The highest BCUT2D eigenvalue weighted by Crippen LogP contribution is 2.42. The summed E-state index contributed by atoms with van der Waals surface area (Å²) >= 11 is 0. The highest BCUT2D eigenvalue weighted by molar-refractivity contribution is 5.95. The number of hydrogen-bond acceptors (Lipinski definition) is 5. The lowest BCUT2D eigenvalue weighted by molar-refractivity contribution is -0.119. The van der Waals surface area contributed by atoms with Gasteiger partial charge in [0, 0.05) is 12.3 Å². The average molecular weight is 380 g/mol. The Morgan fingerprint density at radius 2 is 1.93 bits per heavy atom. The molecule has 7 nitrogen and oxygen atoms in total. The van der Waals surface area contributed by atoms with E-state index in [-0.39, 0.29) is 5.69 Å². The molecule has 28 heavy (non-hydrogen) atoms. The molecular formula is C21H24N4O3. The van der Waals surface area contributed by atoms with Gasteiger partial charge >= 0.3 is 0 Å². The van der Waals surface area contributed by atoms with Crippen LogP contribution in [0.4, 0.5) is 0 Å². The maximum atomic E-state index is 12.7. The molecule has 1 heterocycles. The van der Waals surface area contributed by atoms with E-state index in [1.165, 1.54) is 19.0 Å². The van der Waals surface area contributed by atoms with Gasteiger partial charge < -0.3 is 15.8 Å². The monoisotopic (exact) mass is 380 g/mol. The zero-order chi connectivity index (χ0) is 19.5. The molecule has 2 aromatic rings. The van der Waals surface area contributed by atoms with E-state index < -0.39 is 17.9 Å². The molecule has 0 unspecified atom stereocenters. The molecule has 0 spiro atoms. The third kappa shape index (κ3) is 4.65. The summed E-state index contributed by atoms with van der Waals surface area (Å²) < 4.78 is 5.86. The Kier molecular flexibility index (Phi) is 5.23. The number of rotatable bonds is 9. The number of nitrogens with one attached hydrogen (secondary N) is 1. The van der Waals surface area contributed by atoms with Crippen molar-refractivity contribution in [3.8, 4) is 5.88 Å². The third-order valence-corrected chi connectivity index (χ3v) is 5.05. The number of aromatic nitrogens is 2. The van der Waals surface area contributed by atoms with E-state index in [0.717, 1.165) is 24.1 Å². The lowest BCUT2D eigenvalue weighted by atomic mass is 10.1. The molecular weight excluding hydrogens is 356 g/mol. The molecule has 0 saturated heterocycles. The van der Waals surface area contributed by atoms with E-state index in [4.69, 9.17) is 10.5 Å². The van der Waals surface area contributed by atoms with Gasteiger partial charge in [-0.1, -0.05) is 30.3 Å². The summed E-state index contributed by atoms with van der Waals surface area (Å²) in [4.78, 5) is 33.3. The molecule has 146 valence electrons. The molecule has 0 radical (unpaired) electrons. The van der Waals surface area contributed by atoms with Gasteiger partial charge in [0.15, 0.2) is 5.69 Å². The van der Waals surface area contributed by atoms with Crippen LogP contribution in [-0.4, -0.2) is 34.4 Å². The molecule has 2 saturated carbocycles. The number of carbonyl (C=O) groups excluding carboxylic acids is 2. The Morgan fingerprint density at radius 3 is 2.57 bits per heavy atom. The Morgan fingerprint density at radius 1 is 1.18 bits per heavy atom. The van der Waals surface area contributed by atoms with Crippen LogP contribution < -0.4 is 15.8 Å². The molecule has 4 rings (SSSR count). The van der Waals surface area contributed by atoms with Gasteiger partial charge in [-0.15, -0.1) is 0 Å². The van der Waals surface area contributed by atoms with Crippen LogP contribution in [0, 0.1) is 5.92 Å². The fourth-order valence-electron chi connectivity index (χ4n) is 3.02. The second-order valence-electron chi connectivity index (χ2n) is 7.59. The normalized spacial score (nSPS) is 17.0. The maximum Gasteiger partial charge on any atom is 0.272 e. The minimum absolute atomic E-state index is 0.134. The molecule has 2 amide bonds. The number of benzene rings is 1. The van der Waals surface area contributed by atoms with E-state index in [1.54, 1.807) is 0 Å². The van der Waals surface area contributed by atoms with Gasteiger partial charge in [-0.2, -0.15) is 0 Å². The summed E-state index contributed by atoms with van der Waals surface area (Å²) in [6.07, 6.45) is 6.26. The Bertz CT molecular complexity index is 863. The largest absolute Gasteiger partial charge is 0.476 e. The van der Waals surface area contributed by atoms with Gasteiger partial charge in [-0.05, 0) is 37.2 Å². The highest BCUT2D eigenvalue weighted by Gasteiger charge is 2.31. The Labute approximate surface area is 163 Å². The maximum absolute atomic E-state index is 12.7. The van der Waals surface area contributed by atoms with Crippen LogP contribution in [0.3, 0.4) is 0 Å². The second-order valence-corrected chi connectivity index (χ2v) is 7.59. The quantitative estimate of drug-likeness (QED) is 0.692. The fourth-order valence-corrected chi connectivity index (χ4v) is 3.02. The van der Waals surface area contributed by atoms with Gasteiger partial charge in [0.25, 0.3) is 5.91 Å². The standard InChI is InChI=1S/C21H24N4O3/c22-19(26)16(10-13-4-2-1-3-5-13)24-20(27)17-11-23-18(15-8-9-15)21(25-17)28-12-14-6-7-14/h1-5,11,14-16H,6-10,12H2,(H2,22,26)(H,24,27)/t16-/m0/s1. The fraction of sp³-hybridized carbons (Fsp3) is 0.429. The molecule has 3 N–H and O–H groups in total. The van der Waals surface area contributed by atoms with Crippen molar-refractivity contribution in [2.75, 3.05) is 6.61 Å². The predicted octanol–water partition coefficient (Wildman–Crippen LogP) is 1.97. The number of nitrogens with zero attached hydrogens (tertiary/aromatic N) is 2. The molecule has 1 atom stereocenters. The molecule has 1 aromatic carbocycles. The summed E-state index contributed by atoms with van der Waals surface area (Å²) in [5, 5.41) is 2.68. The minimum Gasteiger partial charge on any atom is -0.476 e. The zero-order valence-corrected chi connectivity index (χ0v) is 15.6.